The van der Waals surface area contributed by atoms with Gasteiger partial charge in [0.15, 0.2) is 5.65 Å². The van der Waals surface area contributed by atoms with Crippen molar-refractivity contribution in [1.82, 2.24) is 19.7 Å². The molecule has 0 bridgehead atoms. The van der Waals surface area contributed by atoms with Crippen molar-refractivity contribution in [2.45, 2.75) is 23.6 Å². The van der Waals surface area contributed by atoms with Crippen LogP contribution in [0.5, 0.6) is 0 Å². The Bertz CT molecular complexity index is 832. The van der Waals surface area contributed by atoms with Gasteiger partial charge in [0, 0.05) is 7.05 Å². The molecular weight excluding hydrogens is 294 g/mol. The fourth-order valence-electron chi connectivity index (χ4n) is 2.22. The Morgan fingerprint density at radius 3 is 2.77 bits per heavy atom. The minimum atomic E-state index is -0.194. The van der Waals surface area contributed by atoms with E-state index in [1.165, 1.54) is 23.7 Å². The van der Waals surface area contributed by atoms with Crippen LogP contribution >= 0.6 is 11.8 Å². The predicted octanol–water partition coefficient (Wildman–Crippen LogP) is 2.90. The Morgan fingerprint density at radius 2 is 2.05 bits per heavy atom. The van der Waals surface area contributed by atoms with E-state index < -0.39 is 0 Å². The Balaban J connectivity index is 1.83. The van der Waals surface area contributed by atoms with Gasteiger partial charge < -0.3 is 0 Å². The SMILES string of the molecule is Cc1ccc(C[C@@H](C#N)Sc2ncnc3c2cnn3C)cc1. The molecule has 0 fully saturated rings. The van der Waals surface area contributed by atoms with Gasteiger partial charge >= 0.3 is 0 Å². The second-order valence-corrected chi connectivity index (χ2v) is 6.30. The van der Waals surface area contributed by atoms with Crippen molar-refractivity contribution in [3.8, 4) is 6.07 Å². The number of thioether (sulfide) groups is 1. The molecule has 0 N–H and O–H groups in total. The van der Waals surface area contributed by atoms with Crippen LogP contribution in [0.4, 0.5) is 0 Å². The van der Waals surface area contributed by atoms with Gasteiger partial charge in [-0.25, -0.2) is 9.97 Å². The summed E-state index contributed by atoms with van der Waals surface area (Å²) in [6.45, 7) is 2.06. The summed E-state index contributed by atoms with van der Waals surface area (Å²) in [5.74, 6) is 0. The van der Waals surface area contributed by atoms with Crippen molar-refractivity contribution in [2.24, 2.45) is 7.05 Å². The van der Waals surface area contributed by atoms with Gasteiger partial charge in [-0.15, -0.1) is 0 Å². The zero-order valence-corrected chi connectivity index (χ0v) is 13.2. The van der Waals surface area contributed by atoms with Crippen LogP contribution in [0, 0.1) is 18.3 Å². The number of nitriles is 1. The van der Waals surface area contributed by atoms with Gasteiger partial charge in [0.25, 0.3) is 0 Å². The second kappa shape index (κ2) is 6.16. The first-order valence-corrected chi connectivity index (χ1v) is 7.80. The molecule has 0 aliphatic heterocycles. The molecule has 3 aromatic rings. The molecule has 2 aromatic heterocycles. The average Bonchev–Trinajstić information content (AvgIpc) is 2.91. The summed E-state index contributed by atoms with van der Waals surface area (Å²) >= 11 is 1.47. The van der Waals surface area contributed by atoms with Crippen LogP contribution in [0.3, 0.4) is 0 Å². The van der Waals surface area contributed by atoms with Gasteiger partial charge in [0.1, 0.15) is 16.6 Å². The van der Waals surface area contributed by atoms with Gasteiger partial charge in [0.05, 0.1) is 17.7 Å². The van der Waals surface area contributed by atoms with E-state index in [1.54, 1.807) is 10.9 Å². The van der Waals surface area contributed by atoms with Crippen molar-refractivity contribution in [2.75, 3.05) is 0 Å². The van der Waals surface area contributed by atoms with Gasteiger partial charge in [-0.2, -0.15) is 10.4 Å². The van der Waals surface area contributed by atoms with Gasteiger partial charge in [-0.3, -0.25) is 4.68 Å². The van der Waals surface area contributed by atoms with E-state index in [0.29, 0.717) is 6.42 Å². The molecule has 1 aromatic carbocycles. The summed E-state index contributed by atoms with van der Waals surface area (Å²) in [6, 6.07) is 10.6. The van der Waals surface area contributed by atoms with Crippen LogP contribution in [0.15, 0.2) is 41.8 Å². The highest BCUT2D eigenvalue weighted by Gasteiger charge is 2.15. The molecule has 5 nitrogen and oxygen atoms in total. The number of aryl methyl sites for hydroxylation is 2. The number of benzene rings is 1. The number of rotatable bonds is 4. The third-order valence-corrected chi connectivity index (χ3v) is 4.54. The molecule has 0 unspecified atom stereocenters. The van der Waals surface area contributed by atoms with Crippen molar-refractivity contribution in [1.29, 1.82) is 5.26 Å². The Kier molecular flexibility index (Phi) is 4.07. The van der Waals surface area contributed by atoms with E-state index in [2.05, 4.69) is 52.3 Å². The van der Waals surface area contributed by atoms with Crippen LogP contribution in [0.2, 0.25) is 0 Å². The summed E-state index contributed by atoms with van der Waals surface area (Å²) in [4.78, 5) is 8.53. The van der Waals surface area contributed by atoms with Crippen molar-refractivity contribution in [3.05, 3.63) is 47.9 Å². The second-order valence-electron chi connectivity index (χ2n) is 5.11. The quantitative estimate of drug-likeness (QED) is 0.547. The zero-order valence-electron chi connectivity index (χ0n) is 12.4. The van der Waals surface area contributed by atoms with Crippen LogP contribution in [-0.2, 0) is 13.5 Å². The Morgan fingerprint density at radius 1 is 1.27 bits per heavy atom. The zero-order chi connectivity index (χ0) is 15.5. The maximum absolute atomic E-state index is 9.45. The van der Waals surface area contributed by atoms with Crippen molar-refractivity contribution < 1.29 is 0 Å². The van der Waals surface area contributed by atoms with E-state index in [9.17, 15) is 5.26 Å². The summed E-state index contributed by atoms with van der Waals surface area (Å²) < 4.78 is 1.71. The molecule has 0 saturated heterocycles. The molecule has 2 heterocycles. The van der Waals surface area contributed by atoms with E-state index in [4.69, 9.17) is 0 Å². The number of hydrogen-bond donors (Lipinski definition) is 0. The summed E-state index contributed by atoms with van der Waals surface area (Å²) in [6.07, 6.45) is 3.96. The van der Waals surface area contributed by atoms with E-state index in [1.807, 2.05) is 7.05 Å². The molecule has 0 spiro atoms. The molecule has 6 heteroatoms. The first-order valence-electron chi connectivity index (χ1n) is 6.92. The molecule has 0 aliphatic carbocycles. The first-order chi connectivity index (χ1) is 10.7. The molecule has 0 saturated carbocycles. The highest BCUT2D eigenvalue weighted by atomic mass is 32.2. The maximum atomic E-state index is 9.45. The van der Waals surface area contributed by atoms with Gasteiger partial charge in [-0.1, -0.05) is 41.6 Å². The number of nitrogens with zero attached hydrogens (tertiary/aromatic N) is 5. The standard InChI is InChI=1S/C16H15N5S/c1-11-3-5-12(6-4-11)7-13(8-17)22-16-14-9-20-21(2)15(14)18-10-19-16/h3-6,9-10,13H,7H2,1-2H3/t13-/m0/s1. The lowest BCUT2D eigenvalue weighted by atomic mass is 10.1. The molecule has 3 rings (SSSR count). The number of aromatic nitrogens is 4. The van der Waals surface area contributed by atoms with Crippen LogP contribution in [0.25, 0.3) is 11.0 Å². The minimum Gasteiger partial charge on any atom is -0.250 e. The van der Waals surface area contributed by atoms with Crippen LogP contribution in [-0.4, -0.2) is 25.0 Å². The van der Waals surface area contributed by atoms with Crippen LogP contribution < -0.4 is 0 Å². The molecule has 110 valence electrons. The average molecular weight is 309 g/mol. The highest BCUT2D eigenvalue weighted by Crippen LogP contribution is 2.29. The molecular formula is C16H15N5S. The molecule has 1 atom stereocenters. The highest BCUT2D eigenvalue weighted by molar-refractivity contribution is 8.00. The lowest BCUT2D eigenvalue weighted by Crippen LogP contribution is -2.05. The van der Waals surface area contributed by atoms with Crippen molar-refractivity contribution in [3.63, 3.8) is 0 Å². The molecule has 0 amide bonds. The summed E-state index contributed by atoms with van der Waals surface area (Å²) in [7, 11) is 1.85. The van der Waals surface area contributed by atoms with Gasteiger partial charge in [0.2, 0.25) is 0 Å². The number of hydrogen-bond acceptors (Lipinski definition) is 5. The van der Waals surface area contributed by atoms with Crippen LogP contribution in [0.1, 0.15) is 11.1 Å². The van der Waals surface area contributed by atoms with E-state index in [-0.39, 0.29) is 5.25 Å². The fraction of sp³-hybridized carbons (Fsp3) is 0.250. The Labute approximate surface area is 133 Å². The largest absolute Gasteiger partial charge is 0.250 e. The topological polar surface area (TPSA) is 67.4 Å². The number of fused-ring (bicyclic) bond motifs is 1. The molecule has 0 aliphatic rings. The third kappa shape index (κ3) is 2.95. The summed E-state index contributed by atoms with van der Waals surface area (Å²) in [5, 5.41) is 15.1. The predicted molar refractivity (Wildman–Crippen MR) is 86.4 cm³/mol. The van der Waals surface area contributed by atoms with E-state index >= 15 is 0 Å². The normalized spacial score (nSPS) is 12.2. The fourth-order valence-corrected chi connectivity index (χ4v) is 3.20. The van der Waals surface area contributed by atoms with Gasteiger partial charge in [-0.05, 0) is 18.9 Å². The Hall–Kier alpha value is -2.39. The molecule has 22 heavy (non-hydrogen) atoms. The van der Waals surface area contributed by atoms with Crippen molar-refractivity contribution >= 4 is 22.8 Å². The molecule has 0 radical (unpaired) electrons. The monoisotopic (exact) mass is 309 g/mol. The first kappa shape index (κ1) is 14.5. The van der Waals surface area contributed by atoms with E-state index in [0.717, 1.165) is 21.6 Å². The lowest BCUT2D eigenvalue weighted by molar-refractivity contribution is 0.784. The smallest absolute Gasteiger partial charge is 0.162 e. The maximum Gasteiger partial charge on any atom is 0.162 e. The minimum absolute atomic E-state index is 0.194. The third-order valence-electron chi connectivity index (χ3n) is 3.43. The summed E-state index contributed by atoms with van der Waals surface area (Å²) in [5.41, 5.74) is 3.16. The lowest BCUT2D eigenvalue weighted by Gasteiger charge is -2.09.